The average Bonchev–Trinajstić information content (AvgIpc) is 2.86. The summed E-state index contributed by atoms with van der Waals surface area (Å²) < 4.78 is 1.01. The molecule has 1 amide bonds. The summed E-state index contributed by atoms with van der Waals surface area (Å²) in [6, 6.07) is 9.59. The number of benzene rings is 1. The summed E-state index contributed by atoms with van der Waals surface area (Å²) in [6.45, 7) is 2.10. The van der Waals surface area contributed by atoms with Crippen molar-refractivity contribution in [3.05, 3.63) is 52.1 Å². The molecule has 0 saturated heterocycles. The Kier molecular flexibility index (Phi) is 5.12. The first-order valence-corrected chi connectivity index (χ1v) is 7.25. The van der Waals surface area contributed by atoms with E-state index in [9.17, 15) is 4.79 Å². The first-order valence-electron chi connectivity index (χ1n) is 6.46. The normalized spacial score (nSPS) is 10.9. The Labute approximate surface area is 126 Å². The van der Waals surface area contributed by atoms with Crippen molar-refractivity contribution in [2.45, 2.75) is 19.8 Å². The van der Waals surface area contributed by atoms with Gasteiger partial charge >= 0.3 is 0 Å². The Morgan fingerprint density at radius 1 is 1.40 bits per heavy atom. The summed E-state index contributed by atoms with van der Waals surface area (Å²) in [5.74, 6) is 0.362. The van der Waals surface area contributed by atoms with Crippen molar-refractivity contribution in [3.63, 3.8) is 0 Å². The molecule has 2 aromatic rings. The molecular formula is C15H16BrN3O. The predicted octanol–water partition coefficient (Wildman–Crippen LogP) is 3.78. The number of hydrogen-bond donors (Lipinski definition) is 2. The van der Waals surface area contributed by atoms with E-state index in [1.165, 1.54) is 6.08 Å². The number of anilines is 1. The van der Waals surface area contributed by atoms with Crippen LogP contribution in [0.15, 0.2) is 40.9 Å². The van der Waals surface area contributed by atoms with Gasteiger partial charge in [0.05, 0.1) is 0 Å². The molecule has 0 unspecified atom stereocenters. The summed E-state index contributed by atoms with van der Waals surface area (Å²) in [5, 5.41) is 9.67. The molecule has 1 aromatic heterocycles. The highest BCUT2D eigenvalue weighted by molar-refractivity contribution is 9.10. The fourth-order valence-electron chi connectivity index (χ4n) is 1.74. The summed E-state index contributed by atoms with van der Waals surface area (Å²) in [7, 11) is 0. The van der Waals surface area contributed by atoms with Gasteiger partial charge in [0.15, 0.2) is 5.82 Å². The van der Waals surface area contributed by atoms with Crippen LogP contribution in [0, 0.1) is 0 Å². The number of amides is 1. The van der Waals surface area contributed by atoms with Gasteiger partial charge in [-0.15, -0.1) is 0 Å². The van der Waals surface area contributed by atoms with Gasteiger partial charge in [0.1, 0.15) is 0 Å². The van der Waals surface area contributed by atoms with Crippen LogP contribution in [0.3, 0.4) is 0 Å². The zero-order valence-electron chi connectivity index (χ0n) is 11.2. The molecule has 0 bridgehead atoms. The Hall–Kier alpha value is -1.88. The summed E-state index contributed by atoms with van der Waals surface area (Å²) in [6.07, 6.45) is 5.23. The van der Waals surface area contributed by atoms with Crippen molar-refractivity contribution in [2.24, 2.45) is 0 Å². The van der Waals surface area contributed by atoms with E-state index in [1.54, 1.807) is 6.08 Å². The SMILES string of the molecule is CCCc1cc(NC(=O)/C=C/c2ccc(Br)cc2)n[nH]1. The third-order valence-electron chi connectivity index (χ3n) is 2.70. The van der Waals surface area contributed by atoms with E-state index in [4.69, 9.17) is 0 Å². The van der Waals surface area contributed by atoms with Crippen molar-refractivity contribution in [3.8, 4) is 0 Å². The number of carbonyl (C=O) groups excluding carboxylic acids is 1. The quantitative estimate of drug-likeness (QED) is 0.818. The lowest BCUT2D eigenvalue weighted by Gasteiger charge is -1.96. The van der Waals surface area contributed by atoms with E-state index >= 15 is 0 Å². The van der Waals surface area contributed by atoms with Crippen LogP contribution < -0.4 is 5.32 Å². The largest absolute Gasteiger partial charge is 0.306 e. The van der Waals surface area contributed by atoms with Gasteiger partial charge in [0.2, 0.25) is 5.91 Å². The molecule has 4 nitrogen and oxygen atoms in total. The van der Waals surface area contributed by atoms with Gasteiger partial charge in [0, 0.05) is 22.3 Å². The molecule has 5 heteroatoms. The maximum atomic E-state index is 11.8. The number of hydrogen-bond acceptors (Lipinski definition) is 2. The Morgan fingerprint density at radius 3 is 2.85 bits per heavy atom. The molecule has 0 aliphatic carbocycles. The van der Waals surface area contributed by atoms with Crippen LogP contribution in [0.25, 0.3) is 6.08 Å². The highest BCUT2D eigenvalue weighted by Crippen LogP contribution is 2.12. The van der Waals surface area contributed by atoms with Gasteiger partial charge in [0.25, 0.3) is 0 Å². The number of H-pyrrole nitrogens is 1. The van der Waals surface area contributed by atoms with Crippen LogP contribution in [0.4, 0.5) is 5.82 Å². The monoisotopic (exact) mass is 333 g/mol. The van der Waals surface area contributed by atoms with Crippen LogP contribution in [0.2, 0.25) is 0 Å². The minimum atomic E-state index is -0.192. The van der Waals surface area contributed by atoms with Crippen LogP contribution >= 0.6 is 15.9 Å². The fourth-order valence-corrected chi connectivity index (χ4v) is 2.00. The summed E-state index contributed by atoms with van der Waals surface area (Å²) in [4.78, 5) is 11.8. The number of aryl methyl sites for hydroxylation is 1. The van der Waals surface area contributed by atoms with Gasteiger partial charge < -0.3 is 5.32 Å². The van der Waals surface area contributed by atoms with E-state index in [2.05, 4.69) is 38.4 Å². The number of nitrogens with zero attached hydrogens (tertiary/aromatic N) is 1. The molecule has 20 heavy (non-hydrogen) atoms. The lowest BCUT2D eigenvalue weighted by Crippen LogP contribution is -2.07. The van der Waals surface area contributed by atoms with Gasteiger partial charge in [-0.05, 0) is 30.2 Å². The zero-order valence-corrected chi connectivity index (χ0v) is 12.8. The number of carbonyl (C=O) groups is 1. The van der Waals surface area contributed by atoms with E-state index in [-0.39, 0.29) is 5.91 Å². The van der Waals surface area contributed by atoms with Crippen molar-refractivity contribution in [1.82, 2.24) is 10.2 Å². The molecular weight excluding hydrogens is 318 g/mol. The van der Waals surface area contributed by atoms with Crippen molar-refractivity contribution >= 4 is 33.7 Å². The average molecular weight is 334 g/mol. The number of nitrogens with one attached hydrogen (secondary N) is 2. The standard InChI is InChI=1S/C15H16BrN3O/c1-2-3-13-10-14(19-18-13)17-15(20)9-6-11-4-7-12(16)8-5-11/h4-10H,2-3H2,1H3,(H2,17,18,19,20)/b9-6+. The summed E-state index contributed by atoms with van der Waals surface area (Å²) >= 11 is 3.37. The zero-order chi connectivity index (χ0) is 14.4. The van der Waals surface area contributed by atoms with Gasteiger partial charge in [-0.2, -0.15) is 5.10 Å². The second-order valence-electron chi connectivity index (χ2n) is 4.40. The maximum Gasteiger partial charge on any atom is 0.249 e. The molecule has 0 spiro atoms. The minimum Gasteiger partial charge on any atom is -0.306 e. The number of aromatic nitrogens is 2. The summed E-state index contributed by atoms with van der Waals surface area (Å²) in [5.41, 5.74) is 2.00. The van der Waals surface area contributed by atoms with Gasteiger partial charge in [-0.1, -0.05) is 41.4 Å². The number of rotatable bonds is 5. The fraction of sp³-hybridized carbons (Fsp3) is 0.200. The smallest absolute Gasteiger partial charge is 0.249 e. The van der Waals surface area contributed by atoms with Gasteiger partial charge in [-0.25, -0.2) is 0 Å². The Morgan fingerprint density at radius 2 is 2.15 bits per heavy atom. The van der Waals surface area contributed by atoms with Gasteiger partial charge in [-0.3, -0.25) is 9.89 Å². The molecule has 1 heterocycles. The lowest BCUT2D eigenvalue weighted by molar-refractivity contribution is -0.111. The first kappa shape index (κ1) is 14.5. The molecule has 1 aromatic carbocycles. The van der Waals surface area contributed by atoms with E-state index in [1.807, 2.05) is 30.3 Å². The van der Waals surface area contributed by atoms with Crippen LogP contribution in [0.1, 0.15) is 24.6 Å². The van der Waals surface area contributed by atoms with E-state index < -0.39 is 0 Å². The highest BCUT2D eigenvalue weighted by atomic mass is 79.9. The van der Waals surface area contributed by atoms with Crippen molar-refractivity contribution < 1.29 is 4.79 Å². The minimum absolute atomic E-state index is 0.192. The second kappa shape index (κ2) is 7.05. The van der Waals surface area contributed by atoms with Crippen molar-refractivity contribution in [2.75, 3.05) is 5.32 Å². The van der Waals surface area contributed by atoms with Crippen LogP contribution in [0.5, 0.6) is 0 Å². The molecule has 0 aliphatic rings. The molecule has 0 radical (unpaired) electrons. The Bertz CT molecular complexity index is 602. The second-order valence-corrected chi connectivity index (χ2v) is 5.32. The maximum absolute atomic E-state index is 11.8. The topological polar surface area (TPSA) is 57.8 Å². The van der Waals surface area contributed by atoms with Crippen LogP contribution in [-0.2, 0) is 11.2 Å². The third kappa shape index (κ3) is 4.35. The Balaban J connectivity index is 1.92. The molecule has 104 valence electrons. The molecule has 0 fully saturated rings. The molecule has 2 rings (SSSR count). The highest BCUT2D eigenvalue weighted by Gasteiger charge is 2.02. The van der Waals surface area contributed by atoms with E-state index in [0.717, 1.165) is 28.6 Å². The molecule has 0 atom stereocenters. The van der Waals surface area contributed by atoms with E-state index in [0.29, 0.717) is 5.82 Å². The van der Waals surface area contributed by atoms with Crippen LogP contribution in [-0.4, -0.2) is 16.1 Å². The molecule has 0 aliphatic heterocycles. The van der Waals surface area contributed by atoms with Crippen molar-refractivity contribution in [1.29, 1.82) is 0 Å². The first-order chi connectivity index (χ1) is 9.67. The third-order valence-corrected chi connectivity index (χ3v) is 3.23. The lowest BCUT2D eigenvalue weighted by atomic mass is 10.2. The molecule has 2 N–H and O–H groups in total. The molecule has 0 saturated carbocycles. The number of aromatic amines is 1. The predicted molar refractivity (Wildman–Crippen MR) is 84.4 cm³/mol. The number of halogens is 1.